The molecule has 0 saturated carbocycles. The first-order valence-electron chi connectivity index (χ1n) is 5.56. The van der Waals surface area contributed by atoms with Crippen LogP contribution in [0.25, 0.3) is 0 Å². The Hall–Kier alpha value is 0.480. The van der Waals surface area contributed by atoms with Gasteiger partial charge >= 0.3 is 0 Å². The highest BCUT2D eigenvalue weighted by molar-refractivity contribution is 9.11. The minimum Gasteiger partial charge on any atom is -0.495 e. The molecule has 19 heavy (non-hydrogen) atoms. The average molecular weight is 439 g/mol. The molecule has 0 aromatic heterocycles. The van der Waals surface area contributed by atoms with Crippen LogP contribution in [0, 0.1) is 0 Å². The molecule has 0 aliphatic rings. The van der Waals surface area contributed by atoms with Crippen LogP contribution >= 0.6 is 56.7 Å². The van der Waals surface area contributed by atoms with Crippen molar-refractivity contribution >= 4 is 56.7 Å². The summed E-state index contributed by atoms with van der Waals surface area (Å²) < 4.78 is 7.42. The maximum atomic E-state index is 5.39. The van der Waals surface area contributed by atoms with Crippen molar-refractivity contribution in [1.82, 2.24) is 10.6 Å². The summed E-state index contributed by atoms with van der Waals surface area (Å²) in [6.07, 6.45) is 1.12. The molecule has 1 aromatic carbocycles. The second-order valence-corrected chi connectivity index (χ2v) is 5.48. The molecule has 0 aliphatic heterocycles. The molecule has 0 aliphatic carbocycles. The van der Waals surface area contributed by atoms with Gasteiger partial charge in [-0.05, 0) is 54.6 Å². The van der Waals surface area contributed by atoms with E-state index in [4.69, 9.17) is 4.74 Å². The van der Waals surface area contributed by atoms with E-state index in [9.17, 15) is 0 Å². The van der Waals surface area contributed by atoms with Crippen LogP contribution in [0.15, 0.2) is 21.1 Å². The highest BCUT2D eigenvalue weighted by atomic mass is 79.9. The summed E-state index contributed by atoms with van der Waals surface area (Å²) in [6, 6.07) is 4.07. The molecule has 0 amide bonds. The van der Waals surface area contributed by atoms with Crippen molar-refractivity contribution < 1.29 is 4.74 Å². The molecule has 0 fully saturated rings. The molecule has 0 radical (unpaired) electrons. The molecule has 2 N–H and O–H groups in total. The van der Waals surface area contributed by atoms with Gasteiger partial charge in [-0.15, -0.1) is 24.8 Å². The average Bonchev–Trinajstić information content (AvgIpc) is 2.28. The zero-order chi connectivity index (χ0) is 12.7. The van der Waals surface area contributed by atoms with Crippen LogP contribution < -0.4 is 15.4 Å². The van der Waals surface area contributed by atoms with E-state index in [1.807, 2.05) is 13.1 Å². The van der Waals surface area contributed by atoms with E-state index in [2.05, 4.69) is 48.6 Å². The molecule has 0 heterocycles. The zero-order valence-corrected chi connectivity index (χ0v) is 15.8. The van der Waals surface area contributed by atoms with Gasteiger partial charge in [-0.25, -0.2) is 0 Å². The molecule has 7 heteroatoms. The summed E-state index contributed by atoms with van der Waals surface area (Å²) in [5.41, 5.74) is 1.15. The van der Waals surface area contributed by atoms with E-state index >= 15 is 0 Å². The number of nitrogens with one attached hydrogen (secondary N) is 2. The van der Waals surface area contributed by atoms with E-state index in [0.717, 1.165) is 46.3 Å². The van der Waals surface area contributed by atoms with Crippen molar-refractivity contribution in [1.29, 1.82) is 0 Å². The van der Waals surface area contributed by atoms with Gasteiger partial charge in [-0.1, -0.05) is 15.9 Å². The number of ether oxygens (including phenoxy) is 1. The minimum absolute atomic E-state index is 0. The van der Waals surface area contributed by atoms with Crippen LogP contribution in [0.1, 0.15) is 12.0 Å². The van der Waals surface area contributed by atoms with Gasteiger partial charge in [0.05, 0.1) is 11.6 Å². The van der Waals surface area contributed by atoms with E-state index in [1.54, 1.807) is 7.11 Å². The van der Waals surface area contributed by atoms with Crippen LogP contribution in [0.2, 0.25) is 0 Å². The van der Waals surface area contributed by atoms with Crippen LogP contribution in [-0.4, -0.2) is 27.2 Å². The topological polar surface area (TPSA) is 33.3 Å². The van der Waals surface area contributed by atoms with Gasteiger partial charge in [-0.3, -0.25) is 0 Å². The van der Waals surface area contributed by atoms with E-state index in [-0.39, 0.29) is 24.8 Å². The monoisotopic (exact) mass is 436 g/mol. The Balaban J connectivity index is 0. The molecular formula is C12H20Br2Cl2N2O. The first kappa shape index (κ1) is 21.8. The maximum Gasteiger partial charge on any atom is 0.137 e. The summed E-state index contributed by atoms with van der Waals surface area (Å²) in [5.74, 6) is 0.898. The predicted octanol–water partition coefficient (Wildman–Crippen LogP) is 3.76. The van der Waals surface area contributed by atoms with Crippen molar-refractivity contribution in [3.8, 4) is 5.75 Å². The molecule has 0 saturated heterocycles. The lowest BCUT2D eigenvalue weighted by molar-refractivity contribution is 0.405. The van der Waals surface area contributed by atoms with Crippen LogP contribution in [0.3, 0.4) is 0 Å². The zero-order valence-electron chi connectivity index (χ0n) is 11.0. The fraction of sp³-hybridized carbons (Fsp3) is 0.500. The number of hydrogen-bond donors (Lipinski definition) is 2. The molecule has 1 rings (SSSR count). The summed E-state index contributed by atoms with van der Waals surface area (Å²) in [4.78, 5) is 0. The fourth-order valence-corrected chi connectivity index (χ4v) is 3.06. The van der Waals surface area contributed by atoms with Crippen molar-refractivity contribution in [2.75, 3.05) is 27.2 Å². The first-order chi connectivity index (χ1) is 8.19. The third kappa shape index (κ3) is 7.73. The van der Waals surface area contributed by atoms with Crippen molar-refractivity contribution in [2.45, 2.75) is 13.0 Å². The normalized spacial score (nSPS) is 9.47. The Morgan fingerprint density at radius 2 is 1.84 bits per heavy atom. The molecule has 0 bridgehead atoms. The van der Waals surface area contributed by atoms with Crippen molar-refractivity contribution in [3.63, 3.8) is 0 Å². The summed E-state index contributed by atoms with van der Waals surface area (Å²) in [6.45, 7) is 2.84. The molecule has 0 unspecified atom stereocenters. The summed E-state index contributed by atoms with van der Waals surface area (Å²) in [5, 5.41) is 6.53. The third-order valence-electron chi connectivity index (χ3n) is 2.39. The van der Waals surface area contributed by atoms with Gasteiger partial charge in [0, 0.05) is 16.6 Å². The molecule has 3 nitrogen and oxygen atoms in total. The molecule has 0 spiro atoms. The van der Waals surface area contributed by atoms with Crippen LogP contribution in [0.5, 0.6) is 5.75 Å². The fourth-order valence-electron chi connectivity index (χ4n) is 1.59. The predicted molar refractivity (Wildman–Crippen MR) is 93.1 cm³/mol. The van der Waals surface area contributed by atoms with Crippen LogP contribution in [0.4, 0.5) is 0 Å². The first-order valence-corrected chi connectivity index (χ1v) is 7.15. The second kappa shape index (κ2) is 12.2. The van der Waals surface area contributed by atoms with Gasteiger partial charge in [0.1, 0.15) is 5.75 Å². The van der Waals surface area contributed by atoms with Gasteiger partial charge in [-0.2, -0.15) is 0 Å². The molecule has 112 valence electrons. The quantitative estimate of drug-likeness (QED) is 0.636. The Morgan fingerprint density at radius 3 is 2.42 bits per heavy atom. The van der Waals surface area contributed by atoms with Crippen molar-refractivity contribution in [2.24, 2.45) is 0 Å². The smallest absolute Gasteiger partial charge is 0.137 e. The summed E-state index contributed by atoms with van der Waals surface area (Å²) >= 11 is 6.99. The molecule has 1 aromatic rings. The lowest BCUT2D eigenvalue weighted by Crippen LogP contribution is -2.19. The van der Waals surface area contributed by atoms with E-state index < -0.39 is 0 Å². The van der Waals surface area contributed by atoms with Crippen molar-refractivity contribution in [3.05, 3.63) is 26.6 Å². The number of halogens is 4. The standard InChI is InChI=1S/C12H18Br2N2O.2ClH/c1-15-4-3-5-16-8-9-6-10(13)7-11(14)12(9)17-2;;/h6-7,15-16H,3-5,8H2,1-2H3;2*1H. The largest absolute Gasteiger partial charge is 0.495 e. The van der Waals surface area contributed by atoms with Gasteiger partial charge < -0.3 is 15.4 Å². The Kier molecular flexibility index (Phi) is 14.0. The maximum absolute atomic E-state index is 5.39. The minimum atomic E-state index is 0. The van der Waals surface area contributed by atoms with E-state index in [1.165, 1.54) is 0 Å². The second-order valence-electron chi connectivity index (χ2n) is 3.71. The molecule has 0 atom stereocenters. The number of benzene rings is 1. The number of hydrogen-bond acceptors (Lipinski definition) is 3. The number of methoxy groups -OCH3 is 1. The lowest BCUT2D eigenvalue weighted by atomic mass is 10.2. The highest BCUT2D eigenvalue weighted by Crippen LogP contribution is 2.32. The summed E-state index contributed by atoms with van der Waals surface area (Å²) in [7, 11) is 3.66. The Morgan fingerprint density at radius 1 is 1.16 bits per heavy atom. The van der Waals surface area contributed by atoms with Gasteiger partial charge in [0.15, 0.2) is 0 Å². The van der Waals surface area contributed by atoms with Crippen LogP contribution in [-0.2, 0) is 6.54 Å². The highest BCUT2D eigenvalue weighted by Gasteiger charge is 2.08. The SMILES string of the molecule is CNCCCNCc1cc(Br)cc(Br)c1OC.Cl.Cl. The Labute approximate surface area is 144 Å². The number of rotatable bonds is 7. The van der Waals surface area contributed by atoms with Gasteiger partial charge in [0.2, 0.25) is 0 Å². The van der Waals surface area contributed by atoms with E-state index in [0.29, 0.717) is 0 Å². The Bertz CT molecular complexity index is 368. The molecular weight excluding hydrogens is 419 g/mol. The lowest BCUT2D eigenvalue weighted by Gasteiger charge is -2.12. The van der Waals surface area contributed by atoms with Gasteiger partial charge in [0.25, 0.3) is 0 Å². The third-order valence-corrected chi connectivity index (χ3v) is 3.43.